The van der Waals surface area contributed by atoms with Crippen LogP contribution in [-0.2, 0) is 10.3 Å². The topological polar surface area (TPSA) is 73.8 Å². The van der Waals surface area contributed by atoms with Crippen molar-refractivity contribution in [1.82, 2.24) is 15.5 Å². The summed E-state index contributed by atoms with van der Waals surface area (Å²) >= 11 is 6.36. The molecule has 2 aliphatic rings. The van der Waals surface area contributed by atoms with E-state index in [0.29, 0.717) is 69.8 Å². The number of likely N-dealkylation sites (tertiary alicyclic amines) is 1. The maximum absolute atomic E-state index is 14.4. The predicted octanol–water partition coefficient (Wildman–Crippen LogP) is 5.41. The molecule has 2 fully saturated rings. The third-order valence-corrected chi connectivity index (χ3v) is 8.51. The van der Waals surface area contributed by atoms with Crippen molar-refractivity contribution < 1.29 is 23.4 Å². The number of rotatable bonds is 12. The van der Waals surface area contributed by atoms with Crippen LogP contribution in [0.1, 0.15) is 69.8 Å². The number of nitrogens with zero attached hydrogens (tertiary/aromatic N) is 1. The molecule has 1 aromatic carbocycles. The van der Waals surface area contributed by atoms with Gasteiger partial charge in [-0.05, 0) is 83.2 Å². The molecule has 0 radical (unpaired) electrons. The van der Waals surface area contributed by atoms with Crippen LogP contribution in [0.4, 0.5) is 13.6 Å². The maximum Gasteiger partial charge on any atom is 0.317 e. The van der Waals surface area contributed by atoms with Crippen LogP contribution in [0.15, 0.2) is 18.2 Å². The van der Waals surface area contributed by atoms with Crippen molar-refractivity contribution in [2.75, 3.05) is 40.4 Å². The molecule has 1 saturated carbocycles. The molecule has 37 heavy (non-hydrogen) atoms. The summed E-state index contributed by atoms with van der Waals surface area (Å²) in [5.74, 6) is -0.430. The number of nitrogens with one attached hydrogen (secondary N) is 2. The van der Waals surface area contributed by atoms with Crippen molar-refractivity contribution in [3.05, 3.63) is 34.6 Å². The Kier molecular flexibility index (Phi) is 11.9. The van der Waals surface area contributed by atoms with Gasteiger partial charge in [-0.2, -0.15) is 0 Å². The standard InChI is InChI=1S/C28H44ClF2N3O3/c1-32-18-23(17-20-10-12-22(30)13-11-20)33-27(35)34-15-6-7-21(19-34)28(36,14-3-4-16-37-2)24-8-5-9-25(31)26(24)29/h5,8-9,20-23,32,36H,3-4,6-7,10-19H2,1-2H3,(H,33,35)/t20?,21-,22?,23?,28+/m1/s1. The monoisotopic (exact) mass is 543 g/mol. The molecule has 3 rings (SSSR count). The molecule has 210 valence electrons. The Labute approximate surface area is 225 Å². The SMILES string of the molecule is CNCC(CC1CCC(F)CC1)NC(=O)N1CCC[C@@H]([C@@](O)(CCCCOC)c2cccc(F)c2Cl)C1. The molecule has 0 bridgehead atoms. The van der Waals surface area contributed by atoms with Gasteiger partial charge in [0.1, 0.15) is 12.0 Å². The van der Waals surface area contributed by atoms with Gasteiger partial charge in [0.15, 0.2) is 0 Å². The van der Waals surface area contributed by atoms with Crippen LogP contribution in [0.5, 0.6) is 0 Å². The third kappa shape index (κ3) is 8.25. The van der Waals surface area contributed by atoms with Gasteiger partial charge in [0.25, 0.3) is 0 Å². The molecule has 1 aliphatic carbocycles. The van der Waals surface area contributed by atoms with Crippen LogP contribution < -0.4 is 10.6 Å². The Balaban J connectivity index is 1.70. The molecule has 0 spiro atoms. The number of alkyl halides is 1. The zero-order valence-corrected chi connectivity index (χ0v) is 23.0. The fourth-order valence-corrected chi connectivity index (χ4v) is 6.34. The average molecular weight is 544 g/mol. The molecular formula is C28H44ClF2N3O3. The summed E-state index contributed by atoms with van der Waals surface area (Å²) in [6, 6.07) is 4.35. The highest BCUT2D eigenvalue weighted by Crippen LogP contribution is 2.43. The first-order valence-corrected chi connectivity index (χ1v) is 14.2. The van der Waals surface area contributed by atoms with E-state index in [4.69, 9.17) is 16.3 Å². The molecule has 3 N–H and O–H groups in total. The van der Waals surface area contributed by atoms with E-state index in [1.165, 1.54) is 6.07 Å². The Hall–Kier alpha value is -1.48. The van der Waals surface area contributed by atoms with Crippen molar-refractivity contribution in [1.29, 1.82) is 0 Å². The average Bonchev–Trinajstić information content (AvgIpc) is 2.89. The lowest BCUT2D eigenvalue weighted by molar-refractivity contribution is -0.0565. The zero-order valence-electron chi connectivity index (χ0n) is 22.3. The minimum absolute atomic E-state index is 0.0513. The van der Waals surface area contributed by atoms with E-state index in [0.717, 1.165) is 32.1 Å². The summed E-state index contributed by atoms with van der Waals surface area (Å²) < 4.78 is 33.1. The molecule has 9 heteroatoms. The van der Waals surface area contributed by atoms with Gasteiger partial charge in [0, 0.05) is 50.9 Å². The summed E-state index contributed by atoms with van der Waals surface area (Å²) in [6.45, 7) is 2.17. The van der Waals surface area contributed by atoms with Crippen LogP contribution in [0, 0.1) is 17.7 Å². The van der Waals surface area contributed by atoms with Gasteiger partial charge in [-0.1, -0.05) is 23.7 Å². The van der Waals surface area contributed by atoms with Crippen LogP contribution in [0.3, 0.4) is 0 Å². The summed E-state index contributed by atoms with van der Waals surface area (Å²) in [7, 11) is 3.50. The second-order valence-electron chi connectivity index (χ2n) is 10.8. The van der Waals surface area contributed by atoms with E-state index >= 15 is 0 Å². The normalized spacial score (nSPS) is 24.9. The van der Waals surface area contributed by atoms with Crippen LogP contribution in [0.25, 0.3) is 0 Å². The number of amides is 2. The summed E-state index contributed by atoms with van der Waals surface area (Å²) in [4.78, 5) is 15.1. The maximum atomic E-state index is 14.4. The van der Waals surface area contributed by atoms with Crippen molar-refractivity contribution in [2.45, 2.75) is 82.0 Å². The number of ether oxygens (including phenoxy) is 1. The van der Waals surface area contributed by atoms with Crippen molar-refractivity contribution in [2.24, 2.45) is 11.8 Å². The molecule has 1 aromatic rings. The first-order chi connectivity index (χ1) is 17.8. The van der Waals surface area contributed by atoms with Gasteiger partial charge in [-0.3, -0.25) is 0 Å². The molecule has 1 heterocycles. The molecule has 3 atom stereocenters. The van der Waals surface area contributed by atoms with E-state index < -0.39 is 17.6 Å². The number of methoxy groups -OCH3 is 1. The fourth-order valence-electron chi connectivity index (χ4n) is 6.05. The molecule has 6 nitrogen and oxygen atoms in total. The summed E-state index contributed by atoms with van der Waals surface area (Å²) in [6.07, 6.45) is 6.34. The van der Waals surface area contributed by atoms with Gasteiger partial charge in [-0.25, -0.2) is 13.6 Å². The van der Waals surface area contributed by atoms with Crippen LogP contribution in [0.2, 0.25) is 5.02 Å². The third-order valence-electron chi connectivity index (χ3n) is 8.13. The van der Waals surface area contributed by atoms with Gasteiger partial charge < -0.3 is 25.4 Å². The molecule has 1 unspecified atom stereocenters. The number of hydrogen-bond acceptors (Lipinski definition) is 4. The number of piperidine rings is 1. The Morgan fingerprint density at radius 3 is 2.73 bits per heavy atom. The number of hydrogen-bond donors (Lipinski definition) is 3. The minimum Gasteiger partial charge on any atom is -0.385 e. The van der Waals surface area contributed by atoms with Crippen molar-refractivity contribution in [3.8, 4) is 0 Å². The molecule has 0 aromatic heterocycles. The second-order valence-corrected chi connectivity index (χ2v) is 11.2. The van der Waals surface area contributed by atoms with Gasteiger partial charge in [0.2, 0.25) is 0 Å². The largest absolute Gasteiger partial charge is 0.385 e. The van der Waals surface area contributed by atoms with Crippen LogP contribution in [-0.4, -0.2) is 68.6 Å². The highest BCUT2D eigenvalue weighted by atomic mass is 35.5. The first-order valence-electron chi connectivity index (χ1n) is 13.8. The lowest BCUT2D eigenvalue weighted by Gasteiger charge is -2.43. The number of unbranched alkanes of at least 4 members (excludes halogenated alkanes) is 1. The Morgan fingerprint density at radius 1 is 1.27 bits per heavy atom. The van der Waals surface area contributed by atoms with E-state index in [-0.39, 0.29) is 23.0 Å². The number of carbonyl (C=O) groups excluding carboxylic acids is 1. The van der Waals surface area contributed by atoms with E-state index in [2.05, 4.69) is 10.6 Å². The van der Waals surface area contributed by atoms with Gasteiger partial charge >= 0.3 is 6.03 Å². The predicted molar refractivity (Wildman–Crippen MR) is 143 cm³/mol. The van der Waals surface area contributed by atoms with Gasteiger partial charge in [-0.15, -0.1) is 0 Å². The first kappa shape index (κ1) is 30.1. The van der Waals surface area contributed by atoms with Crippen LogP contribution >= 0.6 is 11.6 Å². The van der Waals surface area contributed by atoms with E-state index in [9.17, 15) is 18.7 Å². The lowest BCUT2D eigenvalue weighted by atomic mass is 9.74. The van der Waals surface area contributed by atoms with Crippen molar-refractivity contribution >= 4 is 17.6 Å². The van der Waals surface area contributed by atoms with E-state index in [1.807, 2.05) is 7.05 Å². The summed E-state index contributed by atoms with van der Waals surface area (Å²) in [5.41, 5.74) is -0.975. The summed E-state index contributed by atoms with van der Waals surface area (Å²) in [5, 5.41) is 18.3. The molecule has 1 aliphatic heterocycles. The Morgan fingerprint density at radius 2 is 2.03 bits per heavy atom. The molecule has 1 saturated heterocycles. The smallest absolute Gasteiger partial charge is 0.317 e. The number of aliphatic hydroxyl groups is 1. The zero-order chi connectivity index (χ0) is 26.8. The number of benzene rings is 1. The molecular weight excluding hydrogens is 500 g/mol. The fraction of sp³-hybridized carbons (Fsp3) is 0.750. The quantitative estimate of drug-likeness (QED) is 0.308. The van der Waals surface area contributed by atoms with Crippen molar-refractivity contribution in [3.63, 3.8) is 0 Å². The highest BCUT2D eigenvalue weighted by molar-refractivity contribution is 6.31. The lowest BCUT2D eigenvalue weighted by Crippen LogP contribution is -2.54. The number of likely N-dealkylation sites (N-methyl/N-ethyl adjacent to an activating group) is 1. The van der Waals surface area contributed by atoms with Gasteiger partial charge in [0.05, 0.1) is 10.6 Å². The number of halogens is 3. The van der Waals surface area contributed by atoms with E-state index in [1.54, 1.807) is 24.1 Å². The number of carbonyl (C=O) groups is 1. The Bertz CT molecular complexity index is 856. The number of urea groups is 1. The minimum atomic E-state index is -1.36. The highest BCUT2D eigenvalue weighted by Gasteiger charge is 2.43. The second kappa shape index (κ2) is 14.6. The molecule has 2 amide bonds.